The summed E-state index contributed by atoms with van der Waals surface area (Å²) in [5.74, 6) is 2.48. The van der Waals surface area contributed by atoms with Crippen molar-refractivity contribution in [3.05, 3.63) is 41.7 Å². The Labute approximate surface area is 149 Å². The van der Waals surface area contributed by atoms with Crippen LogP contribution >= 0.6 is 0 Å². The number of hydrogen-bond donors (Lipinski definition) is 1. The molecular weight excluding hydrogens is 312 g/mol. The minimum absolute atomic E-state index is 0.731. The van der Waals surface area contributed by atoms with Crippen molar-refractivity contribution in [2.45, 2.75) is 26.2 Å². The monoisotopic (exact) mass is 338 g/mol. The van der Waals surface area contributed by atoms with Gasteiger partial charge in [0.2, 0.25) is 0 Å². The van der Waals surface area contributed by atoms with Gasteiger partial charge in [-0.3, -0.25) is 5.43 Å². The van der Waals surface area contributed by atoms with Crippen molar-refractivity contribution >= 4 is 23.5 Å². The van der Waals surface area contributed by atoms with Crippen LogP contribution in [0.15, 0.2) is 35.4 Å². The molecule has 1 aromatic carbocycles. The second-order valence-electron chi connectivity index (χ2n) is 6.56. The molecule has 1 aliphatic rings. The number of anilines is 3. The van der Waals surface area contributed by atoms with Crippen LogP contribution in [0.25, 0.3) is 0 Å². The van der Waals surface area contributed by atoms with Gasteiger partial charge in [0.1, 0.15) is 11.6 Å². The Kier molecular flexibility index (Phi) is 5.48. The molecule has 2 heterocycles. The van der Waals surface area contributed by atoms with Gasteiger partial charge in [-0.1, -0.05) is 12.1 Å². The van der Waals surface area contributed by atoms with Crippen molar-refractivity contribution in [2.75, 3.05) is 42.4 Å². The van der Waals surface area contributed by atoms with Gasteiger partial charge < -0.3 is 9.80 Å². The third kappa shape index (κ3) is 4.68. The van der Waals surface area contributed by atoms with E-state index in [0.717, 1.165) is 36.1 Å². The van der Waals surface area contributed by atoms with Crippen molar-refractivity contribution < 1.29 is 0 Å². The smallest absolute Gasteiger partial charge is 0.152 e. The zero-order valence-electron chi connectivity index (χ0n) is 15.2. The van der Waals surface area contributed by atoms with E-state index in [2.05, 4.69) is 42.4 Å². The number of hydrogen-bond acceptors (Lipinski definition) is 6. The van der Waals surface area contributed by atoms with Gasteiger partial charge in [0.15, 0.2) is 5.82 Å². The molecule has 1 saturated heterocycles. The number of aromatic nitrogens is 2. The lowest BCUT2D eigenvalue weighted by Gasteiger charge is -2.27. The van der Waals surface area contributed by atoms with Crippen molar-refractivity contribution in [1.82, 2.24) is 9.97 Å². The summed E-state index contributed by atoms with van der Waals surface area (Å²) >= 11 is 0. The van der Waals surface area contributed by atoms with Crippen LogP contribution in [0, 0.1) is 6.92 Å². The van der Waals surface area contributed by atoms with Gasteiger partial charge in [0, 0.05) is 38.9 Å². The van der Waals surface area contributed by atoms with Crippen LogP contribution in [0.4, 0.5) is 17.3 Å². The molecule has 6 heteroatoms. The lowest BCUT2D eigenvalue weighted by atomic mass is 10.1. The maximum atomic E-state index is 4.57. The maximum absolute atomic E-state index is 4.57. The molecule has 1 fully saturated rings. The minimum atomic E-state index is 0.731. The zero-order chi connectivity index (χ0) is 17.6. The molecule has 6 nitrogen and oxygen atoms in total. The van der Waals surface area contributed by atoms with E-state index >= 15 is 0 Å². The normalized spacial score (nSPS) is 14.8. The lowest BCUT2D eigenvalue weighted by Crippen LogP contribution is -2.30. The number of nitrogens with zero attached hydrogens (tertiary/aromatic N) is 5. The molecule has 0 atom stereocenters. The molecule has 0 radical (unpaired) electrons. The Hall–Kier alpha value is -2.63. The van der Waals surface area contributed by atoms with E-state index < -0.39 is 0 Å². The first-order valence-corrected chi connectivity index (χ1v) is 8.79. The van der Waals surface area contributed by atoms with Gasteiger partial charge in [0.25, 0.3) is 0 Å². The van der Waals surface area contributed by atoms with Crippen LogP contribution in [0.2, 0.25) is 0 Å². The third-order valence-corrected chi connectivity index (χ3v) is 4.31. The second kappa shape index (κ2) is 7.96. The molecule has 1 aliphatic heterocycles. The van der Waals surface area contributed by atoms with Crippen LogP contribution in [0.1, 0.15) is 30.7 Å². The Bertz CT molecular complexity index is 717. The van der Waals surface area contributed by atoms with E-state index in [4.69, 9.17) is 0 Å². The van der Waals surface area contributed by atoms with Gasteiger partial charge >= 0.3 is 0 Å². The summed E-state index contributed by atoms with van der Waals surface area (Å²) in [6.45, 7) is 4.05. The van der Waals surface area contributed by atoms with Crippen LogP contribution in [0.3, 0.4) is 0 Å². The van der Waals surface area contributed by atoms with Gasteiger partial charge in [-0.15, -0.1) is 0 Å². The molecule has 132 valence electrons. The highest BCUT2D eigenvalue weighted by atomic mass is 15.3. The number of hydrazone groups is 1. The average Bonchev–Trinajstić information content (AvgIpc) is 2.62. The molecular formula is C19H26N6. The summed E-state index contributed by atoms with van der Waals surface area (Å²) in [6, 6.07) is 10.2. The largest absolute Gasteiger partial charge is 0.378 e. The predicted molar refractivity (Wildman–Crippen MR) is 105 cm³/mol. The summed E-state index contributed by atoms with van der Waals surface area (Å²) in [4.78, 5) is 13.4. The number of nitrogens with one attached hydrogen (secondary N) is 1. The standard InChI is InChI=1S/C19H26N6/c1-15-21-18(13-19(22-15)25-11-5-4-6-12-25)23-20-14-16-7-9-17(10-8-16)24(2)3/h7-10,13-14H,4-6,11-12H2,1-3H3,(H,21,22,23)/b20-14-. The predicted octanol–water partition coefficient (Wildman–Crippen LogP) is 3.29. The highest BCUT2D eigenvalue weighted by molar-refractivity contribution is 5.80. The first kappa shape index (κ1) is 17.2. The molecule has 0 spiro atoms. The van der Waals surface area contributed by atoms with E-state index in [1.807, 2.05) is 39.2 Å². The fourth-order valence-electron chi connectivity index (χ4n) is 2.93. The topological polar surface area (TPSA) is 56.7 Å². The lowest BCUT2D eigenvalue weighted by molar-refractivity contribution is 0.572. The van der Waals surface area contributed by atoms with E-state index in [1.54, 1.807) is 6.21 Å². The number of benzene rings is 1. The Morgan fingerprint density at radius 2 is 1.80 bits per heavy atom. The minimum Gasteiger partial charge on any atom is -0.378 e. The molecule has 2 aromatic rings. The molecule has 0 amide bonds. The summed E-state index contributed by atoms with van der Waals surface area (Å²) in [7, 11) is 4.06. The van der Waals surface area contributed by atoms with E-state index in [1.165, 1.54) is 24.9 Å². The highest BCUT2D eigenvalue weighted by Crippen LogP contribution is 2.20. The van der Waals surface area contributed by atoms with Crippen molar-refractivity contribution in [2.24, 2.45) is 5.10 Å². The Morgan fingerprint density at radius 3 is 2.48 bits per heavy atom. The van der Waals surface area contributed by atoms with Crippen molar-refractivity contribution in [3.63, 3.8) is 0 Å². The summed E-state index contributed by atoms with van der Waals surface area (Å²) < 4.78 is 0. The SMILES string of the molecule is Cc1nc(N/N=C\c2ccc(N(C)C)cc2)cc(N2CCCCC2)n1. The number of piperidine rings is 1. The number of aryl methyl sites for hydroxylation is 1. The van der Waals surface area contributed by atoms with Gasteiger partial charge in [-0.05, 0) is 43.9 Å². The van der Waals surface area contributed by atoms with Gasteiger partial charge in [-0.25, -0.2) is 9.97 Å². The van der Waals surface area contributed by atoms with Crippen molar-refractivity contribution in [1.29, 1.82) is 0 Å². The van der Waals surface area contributed by atoms with Crippen LogP contribution in [-0.2, 0) is 0 Å². The zero-order valence-corrected chi connectivity index (χ0v) is 15.2. The molecule has 25 heavy (non-hydrogen) atoms. The van der Waals surface area contributed by atoms with Gasteiger partial charge in [-0.2, -0.15) is 5.10 Å². The number of rotatable bonds is 5. The molecule has 1 N–H and O–H groups in total. The van der Waals surface area contributed by atoms with E-state index in [9.17, 15) is 0 Å². The molecule has 0 aliphatic carbocycles. The summed E-state index contributed by atoms with van der Waals surface area (Å²) in [5.41, 5.74) is 5.24. The third-order valence-electron chi connectivity index (χ3n) is 4.31. The molecule has 0 saturated carbocycles. The van der Waals surface area contributed by atoms with Crippen LogP contribution in [-0.4, -0.2) is 43.4 Å². The molecule has 0 unspecified atom stereocenters. The van der Waals surface area contributed by atoms with E-state index in [-0.39, 0.29) is 0 Å². The first-order chi connectivity index (χ1) is 12.1. The highest BCUT2D eigenvalue weighted by Gasteiger charge is 2.13. The second-order valence-corrected chi connectivity index (χ2v) is 6.56. The summed E-state index contributed by atoms with van der Waals surface area (Å²) in [6.07, 6.45) is 5.57. The Balaban J connectivity index is 1.66. The van der Waals surface area contributed by atoms with Crippen LogP contribution < -0.4 is 15.2 Å². The Morgan fingerprint density at radius 1 is 1.08 bits per heavy atom. The molecule has 0 bridgehead atoms. The molecule has 3 rings (SSSR count). The summed E-state index contributed by atoms with van der Waals surface area (Å²) in [5, 5.41) is 4.32. The fraction of sp³-hybridized carbons (Fsp3) is 0.421. The first-order valence-electron chi connectivity index (χ1n) is 8.79. The quantitative estimate of drug-likeness (QED) is 0.670. The maximum Gasteiger partial charge on any atom is 0.152 e. The average molecular weight is 338 g/mol. The van der Waals surface area contributed by atoms with E-state index in [0.29, 0.717) is 0 Å². The molecule has 1 aromatic heterocycles. The van der Waals surface area contributed by atoms with Crippen molar-refractivity contribution in [3.8, 4) is 0 Å². The van der Waals surface area contributed by atoms with Crippen LogP contribution in [0.5, 0.6) is 0 Å². The van der Waals surface area contributed by atoms with Gasteiger partial charge in [0.05, 0.1) is 6.21 Å². The fourth-order valence-corrected chi connectivity index (χ4v) is 2.93.